The lowest BCUT2D eigenvalue weighted by molar-refractivity contribution is -0.138. The van der Waals surface area contributed by atoms with Crippen LogP contribution >= 0.6 is 0 Å². The molecule has 2 rings (SSSR count). The van der Waals surface area contributed by atoms with Gasteiger partial charge < -0.3 is 10.4 Å². The molecule has 3 heteroatoms. The lowest BCUT2D eigenvalue weighted by Gasteiger charge is -2.20. The smallest absolute Gasteiger partial charge is 0.303 e. The Morgan fingerprint density at radius 1 is 1.69 bits per heavy atom. The lowest BCUT2D eigenvalue weighted by atomic mass is 9.84. The number of rotatable bonds is 2. The van der Waals surface area contributed by atoms with Gasteiger partial charge in [-0.05, 0) is 25.2 Å². The normalized spacial score (nSPS) is 31.8. The van der Waals surface area contributed by atoms with Crippen LogP contribution < -0.4 is 5.32 Å². The molecule has 0 amide bonds. The monoisotopic (exact) mass is 181 g/mol. The second kappa shape index (κ2) is 3.40. The molecule has 2 atom stereocenters. The number of carboxylic acids is 1. The predicted octanol–water partition coefficient (Wildman–Crippen LogP) is 1.36. The first-order chi connectivity index (χ1) is 6.27. The quantitative estimate of drug-likeness (QED) is 0.676. The number of hydrogen-bond acceptors (Lipinski definition) is 2. The van der Waals surface area contributed by atoms with Crippen LogP contribution in [0.3, 0.4) is 0 Å². The molecule has 1 aliphatic heterocycles. The van der Waals surface area contributed by atoms with Crippen molar-refractivity contribution in [3.8, 4) is 0 Å². The molecular formula is C10H15NO2. The summed E-state index contributed by atoms with van der Waals surface area (Å²) in [5.41, 5.74) is 1.30. The van der Waals surface area contributed by atoms with Crippen molar-refractivity contribution in [2.75, 3.05) is 6.54 Å². The summed E-state index contributed by atoms with van der Waals surface area (Å²) in [6.07, 6.45) is 6.08. The summed E-state index contributed by atoms with van der Waals surface area (Å²) >= 11 is 0. The van der Waals surface area contributed by atoms with Crippen LogP contribution in [0.2, 0.25) is 0 Å². The summed E-state index contributed by atoms with van der Waals surface area (Å²) < 4.78 is 0. The molecule has 1 fully saturated rings. The minimum absolute atomic E-state index is 0.314. The van der Waals surface area contributed by atoms with Crippen molar-refractivity contribution in [2.45, 2.75) is 25.7 Å². The highest BCUT2D eigenvalue weighted by molar-refractivity contribution is 5.67. The molecular weight excluding hydrogens is 166 g/mol. The van der Waals surface area contributed by atoms with Crippen molar-refractivity contribution in [3.63, 3.8) is 0 Å². The van der Waals surface area contributed by atoms with Crippen molar-refractivity contribution in [1.82, 2.24) is 5.32 Å². The van der Waals surface area contributed by atoms with Crippen LogP contribution in [0.15, 0.2) is 11.8 Å². The van der Waals surface area contributed by atoms with Gasteiger partial charge in [-0.15, -0.1) is 0 Å². The molecule has 2 unspecified atom stereocenters. The molecule has 3 nitrogen and oxygen atoms in total. The average molecular weight is 181 g/mol. The predicted molar refractivity (Wildman–Crippen MR) is 49.2 cm³/mol. The van der Waals surface area contributed by atoms with Gasteiger partial charge in [0.05, 0.1) is 6.42 Å². The third-order valence-corrected chi connectivity index (χ3v) is 3.06. The van der Waals surface area contributed by atoms with Gasteiger partial charge in [0.25, 0.3) is 0 Å². The molecule has 0 aromatic rings. The Balaban J connectivity index is 2.03. The van der Waals surface area contributed by atoms with Crippen molar-refractivity contribution < 1.29 is 9.90 Å². The van der Waals surface area contributed by atoms with Crippen molar-refractivity contribution in [3.05, 3.63) is 11.8 Å². The van der Waals surface area contributed by atoms with Gasteiger partial charge in [0.1, 0.15) is 0 Å². The maximum Gasteiger partial charge on any atom is 0.303 e. The van der Waals surface area contributed by atoms with Crippen molar-refractivity contribution in [1.29, 1.82) is 0 Å². The van der Waals surface area contributed by atoms with Gasteiger partial charge >= 0.3 is 5.97 Å². The van der Waals surface area contributed by atoms with E-state index in [2.05, 4.69) is 11.4 Å². The number of fused-ring (bicyclic) bond motifs is 1. The Hall–Kier alpha value is -0.990. The zero-order valence-corrected chi connectivity index (χ0v) is 7.62. The van der Waals surface area contributed by atoms with E-state index in [4.69, 9.17) is 5.11 Å². The van der Waals surface area contributed by atoms with Crippen LogP contribution in [-0.4, -0.2) is 17.6 Å². The zero-order valence-electron chi connectivity index (χ0n) is 7.62. The number of nitrogens with one attached hydrogen (secondary N) is 1. The number of allylic oxidation sites excluding steroid dienone is 2. The molecule has 0 radical (unpaired) electrons. The van der Waals surface area contributed by atoms with Gasteiger partial charge in [0.15, 0.2) is 0 Å². The lowest BCUT2D eigenvalue weighted by Crippen LogP contribution is -2.17. The SMILES string of the molecule is O=C(O)CC1CNC2=CCCCC21. The Labute approximate surface area is 77.8 Å². The Bertz CT molecular complexity index is 247. The highest BCUT2D eigenvalue weighted by atomic mass is 16.4. The van der Waals surface area contributed by atoms with Crippen LogP contribution in [0.5, 0.6) is 0 Å². The molecule has 1 heterocycles. The first kappa shape index (κ1) is 8.60. The fraction of sp³-hybridized carbons (Fsp3) is 0.700. The summed E-state index contributed by atoms with van der Waals surface area (Å²) in [6, 6.07) is 0. The molecule has 0 aromatic carbocycles. The summed E-state index contributed by atoms with van der Waals surface area (Å²) in [5, 5.41) is 12.0. The molecule has 13 heavy (non-hydrogen) atoms. The molecule has 0 spiro atoms. The molecule has 2 aliphatic rings. The standard InChI is InChI=1S/C10H15NO2/c12-10(13)5-7-6-11-9-4-2-1-3-8(7)9/h4,7-8,11H,1-3,5-6H2,(H,12,13). The first-order valence-corrected chi connectivity index (χ1v) is 4.93. The number of hydrogen-bond donors (Lipinski definition) is 2. The first-order valence-electron chi connectivity index (χ1n) is 4.93. The highest BCUT2D eigenvalue weighted by Gasteiger charge is 2.33. The fourth-order valence-corrected chi connectivity index (χ4v) is 2.43. The second-order valence-corrected chi connectivity index (χ2v) is 3.94. The Kier molecular flexibility index (Phi) is 2.25. The molecule has 0 bridgehead atoms. The topological polar surface area (TPSA) is 49.3 Å². The van der Waals surface area contributed by atoms with E-state index in [0.717, 1.165) is 19.4 Å². The average Bonchev–Trinajstić information content (AvgIpc) is 2.48. The highest BCUT2D eigenvalue weighted by Crippen LogP contribution is 2.35. The minimum Gasteiger partial charge on any atom is -0.481 e. The third-order valence-electron chi connectivity index (χ3n) is 3.06. The van der Waals surface area contributed by atoms with Gasteiger partial charge in [-0.2, -0.15) is 0 Å². The summed E-state index contributed by atoms with van der Waals surface area (Å²) in [6.45, 7) is 0.850. The van der Waals surface area contributed by atoms with E-state index >= 15 is 0 Å². The summed E-state index contributed by atoms with van der Waals surface area (Å²) in [7, 11) is 0. The van der Waals surface area contributed by atoms with Crippen LogP contribution in [0.1, 0.15) is 25.7 Å². The van der Waals surface area contributed by atoms with Crippen LogP contribution in [-0.2, 0) is 4.79 Å². The van der Waals surface area contributed by atoms with Gasteiger partial charge in [0.2, 0.25) is 0 Å². The summed E-state index contributed by atoms with van der Waals surface area (Å²) in [4.78, 5) is 10.6. The minimum atomic E-state index is -0.668. The molecule has 0 saturated carbocycles. The maximum atomic E-state index is 10.6. The summed E-state index contributed by atoms with van der Waals surface area (Å²) in [5.74, 6) is 0.160. The van der Waals surface area contributed by atoms with Gasteiger partial charge in [0, 0.05) is 18.2 Å². The Morgan fingerprint density at radius 3 is 3.31 bits per heavy atom. The molecule has 0 aromatic heterocycles. The maximum absolute atomic E-state index is 10.6. The molecule has 2 N–H and O–H groups in total. The largest absolute Gasteiger partial charge is 0.481 e. The van der Waals surface area contributed by atoms with E-state index < -0.39 is 5.97 Å². The van der Waals surface area contributed by atoms with E-state index in [1.54, 1.807) is 0 Å². The van der Waals surface area contributed by atoms with E-state index in [0.29, 0.717) is 18.3 Å². The van der Waals surface area contributed by atoms with Crippen LogP contribution in [0.25, 0.3) is 0 Å². The second-order valence-electron chi connectivity index (χ2n) is 3.94. The van der Waals surface area contributed by atoms with Crippen molar-refractivity contribution in [2.24, 2.45) is 11.8 Å². The van der Waals surface area contributed by atoms with Gasteiger partial charge in [-0.1, -0.05) is 6.08 Å². The number of carboxylic acid groups (broad SMARTS) is 1. The van der Waals surface area contributed by atoms with E-state index in [1.165, 1.54) is 12.1 Å². The fourth-order valence-electron chi connectivity index (χ4n) is 2.43. The molecule has 1 aliphatic carbocycles. The number of aliphatic carboxylic acids is 1. The van der Waals surface area contributed by atoms with Gasteiger partial charge in [-0.3, -0.25) is 4.79 Å². The Morgan fingerprint density at radius 2 is 2.54 bits per heavy atom. The van der Waals surface area contributed by atoms with E-state index in [9.17, 15) is 4.79 Å². The van der Waals surface area contributed by atoms with Crippen LogP contribution in [0, 0.1) is 11.8 Å². The zero-order chi connectivity index (χ0) is 9.26. The van der Waals surface area contributed by atoms with E-state index in [1.807, 2.05) is 0 Å². The van der Waals surface area contributed by atoms with Gasteiger partial charge in [-0.25, -0.2) is 0 Å². The molecule has 1 saturated heterocycles. The van der Waals surface area contributed by atoms with E-state index in [-0.39, 0.29) is 0 Å². The molecule has 72 valence electrons. The van der Waals surface area contributed by atoms with Crippen LogP contribution in [0.4, 0.5) is 0 Å². The third kappa shape index (κ3) is 1.69. The number of carbonyl (C=O) groups is 1. The van der Waals surface area contributed by atoms with Crippen molar-refractivity contribution >= 4 is 5.97 Å².